The number of hydrogen-bond donors (Lipinski definition) is 0. The number of Topliss-reactive ketones (excluding diaryl/α,β-unsaturated/α-hetero) is 1. The lowest BCUT2D eigenvalue weighted by atomic mass is 10.1. The van der Waals surface area contributed by atoms with Gasteiger partial charge in [-0.2, -0.15) is 0 Å². The summed E-state index contributed by atoms with van der Waals surface area (Å²) < 4.78 is 0. The van der Waals surface area contributed by atoms with Gasteiger partial charge in [0, 0.05) is 12.8 Å². The van der Waals surface area contributed by atoms with Crippen molar-refractivity contribution < 1.29 is 4.79 Å². The highest BCUT2D eigenvalue weighted by Crippen LogP contribution is 1.98. The van der Waals surface area contributed by atoms with Crippen molar-refractivity contribution in [3.63, 3.8) is 0 Å². The third-order valence-corrected chi connectivity index (χ3v) is 1.61. The Morgan fingerprint density at radius 3 is 2.62 bits per heavy atom. The van der Waals surface area contributed by atoms with Crippen molar-refractivity contribution >= 4 is 5.78 Å². The van der Waals surface area contributed by atoms with Crippen LogP contribution in [0.4, 0.5) is 0 Å². The Labute approximate surface area is 80.8 Å². The highest BCUT2D eigenvalue weighted by Gasteiger charge is 1.96. The van der Waals surface area contributed by atoms with E-state index >= 15 is 0 Å². The van der Waals surface area contributed by atoms with E-state index in [0.717, 1.165) is 19.3 Å². The fourth-order valence-corrected chi connectivity index (χ4v) is 0.966. The summed E-state index contributed by atoms with van der Waals surface area (Å²) in [7, 11) is 0. The van der Waals surface area contributed by atoms with E-state index in [2.05, 4.69) is 6.58 Å². The van der Waals surface area contributed by atoms with Gasteiger partial charge in [-0.05, 0) is 12.8 Å². The van der Waals surface area contributed by atoms with Gasteiger partial charge >= 0.3 is 0 Å². The standard InChI is InChI=1S/C12H18O/c1-3-5-6-7-8-9-11-12(13)10-4-2/h3,5-8H,1,4,9-11H2,2H3. The molecule has 0 aromatic carbocycles. The van der Waals surface area contributed by atoms with Crippen LogP contribution in [0.25, 0.3) is 0 Å². The van der Waals surface area contributed by atoms with Crippen molar-refractivity contribution in [2.75, 3.05) is 0 Å². The maximum Gasteiger partial charge on any atom is 0.133 e. The monoisotopic (exact) mass is 178 g/mol. The molecule has 0 aliphatic carbocycles. The summed E-state index contributed by atoms with van der Waals surface area (Å²) in [5, 5.41) is 0. The zero-order valence-electron chi connectivity index (χ0n) is 8.33. The number of carbonyl (C=O) groups is 1. The molecule has 0 aliphatic heterocycles. The normalized spacial score (nSPS) is 11.2. The topological polar surface area (TPSA) is 17.1 Å². The van der Waals surface area contributed by atoms with Gasteiger partial charge in [0.05, 0.1) is 0 Å². The van der Waals surface area contributed by atoms with Crippen LogP contribution in [-0.2, 0) is 4.79 Å². The number of carbonyl (C=O) groups excluding carboxylic acids is 1. The summed E-state index contributed by atoms with van der Waals surface area (Å²) in [6, 6.07) is 0. The van der Waals surface area contributed by atoms with Gasteiger partial charge in [-0.3, -0.25) is 4.79 Å². The van der Waals surface area contributed by atoms with Crippen LogP contribution in [0, 0.1) is 0 Å². The molecular weight excluding hydrogens is 160 g/mol. The van der Waals surface area contributed by atoms with E-state index < -0.39 is 0 Å². The minimum atomic E-state index is 0.361. The van der Waals surface area contributed by atoms with Crippen LogP contribution in [0.1, 0.15) is 32.6 Å². The van der Waals surface area contributed by atoms with E-state index in [4.69, 9.17) is 0 Å². The maximum absolute atomic E-state index is 11.1. The Hall–Kier alpha value is -1.11. The Kier molecular flexibility index (Phi) is 8.21. The second kappa shape index (κ2) is 8.98. The third-order valence-electron chi connectivity index (χ3n) is 1.61. The summed E-state index contributed by atoms with van der Waals surface area (Å²) in [6.07, 6.45) is 12.7. The molecule has 0 fully saturated rings. The number of rotatable bonds is 7. The molecule has 0 N–H and O–H groups in total. The summed E-state index contributed by atoms with van der Waals surface area (Å²) in [4.78, 5) is 11.1. The van der Waals surface area contributed by atoms with Crippen LogP contribution in [-0.4, -0.2) is 5.78 Å². The molecule has 1 heteroatoms. The molecule has 0 heterocycles. The molecule has 0 amide bonds. The summed E-state index contributed by atoms with van der Waals surface area (Å²) in [5.74, 6) is 0.361. The van der Waals surface area contributed by atoms with E-state index in [1.165, 1.54) is 0 Å². The fourth-order valence-electron chi connectivity index (χ4n) is 0.966. The van der Waals surface area contributed by atoms with Crippen LogP contribution in [0.3, 0.4) is 0 Å². The first kappa shape index (κ1) is 11.9. The van der Waals surface area contributed by atoms with Crippen LogP contribution in [0.15, 0.2) is 37.0 Å². The molecular formula is C12H18O. The van der Waals surface area contributed by atoms with Crippen LogP contribution < -0.4 is 0 Å². The Bertz CT molecular complexity index is 199. The third kappa shape index (κ3) is 8.80. The Morgan fingerprint density at radius 2 is 2.00 bits per heavy atom. The van der Waals surface area contributed by atoms with Gasteiger partial charge < -0.3 is 0 Å². The molecule has 0 aliphatic rings. The van der Waals surface area contributed by atoms with Gasteiger partial charge in [-0.25, -0.2) is 0 Å². The molecule has 0 radical (unpaired) electrons. The molecule has 0 spiro atoms. The first-order chi connectivity index (χ1) is 6.31. The lowest BCUT2D eigenvalue weighted by molar-refractivity contribution is -0.119. The summed E-state index contributed by atoms with van der Waals surface area (Å²) in [5.41, 5.74) is 0. The number of hydrogen-bond acceptors (Lipinski definition) is 1. The summed E-state index contributed by atoms with van der Waals surface area (Å²) >= 11 is 0. The van der Waals surface area contributed by atoms with E-state index in [0.29, 0.717) is 12.2 Å². The van der Waals surface area contributed by atoms with E-state index in [1.54, 1.807) is 6.08 Å². The van der Waals surface area contributed by atoms with Gasteiger partial charge in [0.25, 0.3) is 0 Å². The molecule has 0 bridgehead atoms. The molecule has 0 atom stereocenters. The van der Waals surface area contributed by atoms with Gasteiger partial charge in [-0.15, -0.1) is 0 Å². The van der Waals surface area contributed by atoms with Crippen molar-refractivity contribution in [2.45, 2.75) is 32.6 Å². The minimum absolute atomic E-state index is 0.361. The average molecular weight is 178 g/mol. The van der Waals surface area contributed by atoms with Crippen LogP contribution in [0.5, 0.6) is 0 Å². The minimum Gasteiger partial charge on any atom is -0.300 e. The summed E-state index contributed by atoms with van der Waals surface area (Å²) in [6.45, 7) is 5.58. The lowest BCUT2D eigenvalue weighted by Crippen LogP contribution is -1.94. The molecule has 0 unspecified atom stereocenters. The molecule has 1 nitrogen and oxygen atoms in total. The molecule has 72 valence electrons. The quantitative estimate of drug-likeness (QED) is 0.546. The van der Waals surface area contributed by atoms with Crippen molar-refractivity contribution in [3.8, 4) is 0 Å². The van der Waals surface area contributed by atoms with Gasteiger partial charge in [0.1, 0.15) is 5.78 Å². The first-order valence-corrected chi connectivity index (χ1v) is 4.77. The molecule has 0 saturated carbocycles. The second-order valence-corrected chi connectivity index (χ2v) is 2.88. The van der Waals surface area contributed by atoms with Crippen molar-refractivity contribution in [3.05, 3.63) is 37.0 Å². The van der Waals surface area contributed by atoms with Gasteiger partial charge in [0.2, 0.25) is 0 Å². The first-order valence-electron chi connectivity index (χ1n) is 4.77. The maximum atomic E-state index is 11.1. The number of ketones is 1. The number of allylic oxidation sites excluding steroid dienone is 5. The molecule has 0 aromatic heterocycles. The van der Waals surface area contributed by atoms with Crippen molar-refractivity contribution in [1.82, 2.24) is 0 Å². The zero-order valence-corrected chi connectivity index (χ0v) is 8.33. The highest BCUT2D eigenvalue weighted by molar-refractivity contribution is 5.78. The van der Waals surface area contributed by atoms with Crippen molar-refractivity contribution in [1.29, 1.82) is 0 Å². The highest BCUT2D eigenvalue weighted by atomic mass is 16.1. The molecule has 0 saturated heterocycles. The molecule has 0 rings (SSSR count). The van der Waals surface area contributed by atoms with Crippen LogP contribution in [0.2, 0.25) is 0 Å². The lowest BCUT2D eigenvalue weighted by Gasteiger charge is -1.93. The van der Waals surface area contributed by atoms with Crippen molar-refractivity contribution in [2.24, 2.45) is 0 Å². The predicted octanol–water partition coefficient (Wildman–Crippen LogP) is 3.43. The van der Waals surface area contributed by atoms with E-state index in [-0.39, 0.29) is 0 Å². The van der Waals surface area contributed by atoms with Crippen LogP contribution >= 0.6 is 0 Å². The molecule has 13 heavy (non-hydrogen) atoms. The Balaban J connectivity index is 3.43. The smallest absolute Gasteiger partial charge is 0.133 e. The average Bonchev–Trinajstić information content (AvgIpc) is 2.11. The second-order valence-electron chi connectivity index (χ2n) is 2.88. The van der Waals surface area contributed by atoms with Gasteiger partial charge in [-0.1, -0.05) is 43.9 Å². The molecule has 0 aromatic rings. The fraction of sp³-hybridized carbons (Fsp3) is 0.417. The van der Waals surface area contributed by atoms with E-state index in [1.807, 2.05) is 31.2 Å². The zero-order chi connectivity index (χ0) is 9.94. The van der Waals surface area contributed by atoms with E-state index in [9.17, 15) is 4.79 Å². The Morgan fingerprint density at radius 1 is 1.23 bits per heavy atom. The predicted molar refractivity (Wildman–Crippen MR) is 57.6 cm³/mol. The van der Waals surface area contributed by atoms with Gasteiger partial charge in [0.15, 0.2) is 0 Å². The largest absolute Gasteiger partial charge is 0.300 e. The SMILES string of the molecule is C=CC=CC=CCCC(=O)CCC.